The Balaban J connectivity index is 1.64. The Kier molecular flexibility index (Phi) is 4.45. The minimum Gasteiger partial charge on any atom is -0.548 e. The van der Waals surface area contributed by atoms with Crippen molar-refractivity contribution < 1.29 is 23.5 Å². The van der Waals surface area contributed by atoms with E-state index < -0.39 is 17.6 Å². The molecule has 2 aromatic heterocycles. The van der Waals surface area contributed by atoms with E-state index in [1.165, 1.54) is 4.90 Å². The summed E-state index contributed by atoms with van der Waals surface area (Å²) in [5, 5.41) is 12.9. The van der Waals surface area contributed by atoms with E-state index in [0.29, 0.717) is 36.1 Å². The third-order valence-corrected chi connectivity index (χ3v) is 5.61. The van der Waals surface area contributed by atoms with Crippen LogP contribution in [-0.2, 0) is 16.0 Å². The lowest BCUT2D eigenvalue weighted by Gasteiger charge is -2.25. The fourth-order valence-electron chi connectivity index (χ4n) is 4.01. The van der Waals surface area contributed by atoms with Crippen molar-refractivity contribution in [1.29, 1.82) is 0 Å². The maximum Gasteiger partial charge on any atom is 0.339 e. The zero-order chi connectivity index (χ0) is 20.0. The van der Waals surface area contributed by atoms with E-state index in [9.17, 15) is 19.5 Å². The van der Waals surface area contributed by atoms with Crippen LogP contribution in [0.25, 0.3) is 21.9 Å². The molecule has 1 aliphatic heterocycles. The van der Waals surface area contributed by atoms with Gasteiger partial charge in [0.15, 0.2) is 0 Å². The third kappa shape index (κ3) is 2.96. The molecule has 1 fully saturated rings. The van der Waals surface area contributed by atoms with Crippen LogP contribution in [0, 0.1) is 13.8 Å². The normalized spacial score (nSPS) is 16.9. The van der Waals surface area contributed by atoms with E-state index in [4.69, 9.17) is 8.83 Å². The Morgan fingerprint density at radius 3 is 2.75 bits per heavy atom. The van der Waals surface area contributed by atoms with Gasteiger partial charge in [0.05, 0.1) is 18.3 Å². The number of benzene rings is 1. The number of likely N-dealkylation sites (tertiary alicyclic amines) is 1. The predicted octanol–water partition coefficient (Wildman–Crippen LogP) is 1.83. The van der Waals surface area contributed by atoms with Crippen LogP contribution in [0.2, 0.25) is 0 Å². The molecule has 1 aromatic carbocycles. The van der Waals surface area contributed by atoms with Crippen molar-refractivity contribution in [1.82, 2.24) is 4.90 Å². The molecule has 7 nitrogen and oxygen atoms in total. The Morgan fingerprint density at radius 1 is 1.21 bits per heavy atom. The third-order valence-electron chi connectivity index (χ3n) is 5.61. The highest BCUT2D eigenvalue weighted by molar-refractivity contribution is 5.96. The van der Waals surface area contributed by atoms with E-state index >= 15 is 0 Å². The molecule has 3 heterocycles. The van der Waals surface area contributed by atoms with Crippen LogP contribution in [0.4, 0.5) is 0 Å². The predicted molar refractivity (Wildman–Crippen MR) is 99.8 cm³/mol. The fraction of sp³-hybridized carbons (Fsp3) is 0.381. The quantitative estimate of drug-likeness (QED) is 0.638. The standard InChI is InChI=1S/C21H21NO6/c1-11-10-27-17-9-18-15(8-14(11)17)12(2)13(21(26)28-18)5-6-19(23)22-7-3-4-16(22)20(24)25/h8-10,16H,3-7H2,1-2H3,(H,24,25)/p-1/t16-/m1/s1. The van der Waals surface area contributed by atoms with Gasteiger partial charge >= 0.3 is 5.63 Å². The lowest BCUT2D eigenvalue weighted by Crippen LogP contribution is -2.47. The number of nitrogens with zero attached hydrogens (tertiary/aromatic N) is 1. The molecule has 0 N–H and O–H groups in total. The molecule has 28 heavy (non-hydrogen) atoms. The summed E-state index contributed by atoms with van der Waals surface area (Å²) < 4.78 is 10.9. The van der Waals surface area contributed by atoms with Crippen LogP contribution in [0.15, 0.2) is 32.0 Å². The molecule has 0 aliphatic carbocycles. The average molecular weight is 382 g/mol. The van der Waals surface area contributed by atoms with Gasteiger partial charge in [-0.15, -0.1) is 0 Å². The second kappa shape index (κ2) is 6.82. The summed E-state index contributed by atoms with van der Waals surface area (Å²) in [5.74, 6) is -1.52. The van der Waals surface area contributed by atoms with Crippen molar-refractivity contribution in [2.75, 3.05) is 6.54 Å². The van der Waals surface area contributed by atoms with E-state index in [2.05, 4.69) is 0 Å². The number of carboxylic acids is 1. The number of hydrogen-bond acceptors (Lipinski definition) is 6. The van der Waals surface area contributed by atoms with Gasteiger partial charge in [0.2, 0.25) is 5.91 Å². The SMILES string of the molecule is Cc1coc2cc3oc(=O)c(CCC(=O)N4CCC[C@@H]4C(=O)[O-])c(C)c3cc12. The highest BCUT2D eigenvalue weighted by Gasteiger charge is 2.29. The number of carboxylic acid groups (broad SMARTS) is 1. The molecule has 0 radical (unpaired) electrons. The lowest BCUT2D eigenvalue weighted by atomic mass is 10.0. The first kappa shape index (κ1) is 18.3. The van der Waals surface area contributed by atoms with Gasteiger partial charge in [0, 0.05) is 35.4 Å². The van der Waals surface area contributed by atoms with Crippen molar-refractivity contribution in [2.24, 2.45) is 0 Å². The largest absolute Gasteiger partial charge is 0.548 e. The zero-order valence-electron chi connectivity index (χ0n) is 15.7. The van der Waals surface area contributed by atoms with Gasteiger partial charge in [0.25, 0.3) is 0 Å². The second-order valence-corrected chi connectivity index (χ2v) is 7.32. The molecule has 0 unspecified atom stereocenters. The smallest absolute Gasteiger partial charge is 0.339 e. The first-order valence-electron chi connectivity index (χ1n) is 9.31. The van der Waals surface area contributed by atoms with Gasteiger partial charge in [-0.3, -0.25) is 4.79 Å². The van der Waals surface area contributed by atoms with Crippen LogP contribution >= 0.6 is 0 Å². The maximum absolute atomic E-state index is 12.5. The number of carbonyl (C=O) groups is 2. The first-order valence-corrected chi connectivity index (χ1v) is 9.31. The number of aliphatic carboxylic acids is 1. The number of aryl methyl sites for hydroxylation is 2. The maximum atomic E-state index is 12.5. The van der Waals surface area contributed by atoms with Gasteiger partial charge in [-0.2, -0.15) is 0 Å². The van der Waals surface area contributed by atoms with Crippen molar-refractivity contribution in [3.8, 4) is 0 Å². The lowest BCUT2D eigenvalue weighted by molar-refractivity contribution is -0.310. The highest BCUT2D eigenvalue weighted by atomic mass is 16.4. The van der Waals surface area contributed by atoms with Crippen LogP contribution in [0.5, 0.6) is 0 Å². The zero-order valence-corrected chi connectivity index (χ0v) is 15.7. The van der Waals surface area contributed by atoms with E-state index in [1.54, 1.807) is 12.3 Å². The molecular weight excluding hydrogens is 362 g/mol. The van der Waals surface area contributed by atoms with Crippen molar-refractivity contribution in [3.63, 3.8) is 0 Å². The van der Waals surface area contributed by atoms with E-state index in [0.717, 1.165) is 21.9 Å². The molecule has 7 heteroatoms. The Labute approximate surface area is 160 Å². The average Bonchev–Trinajstić information content (AvgIpc) is 3.27. The number of carbonyl (C=O) groups excluding carboxylic acids is 2. The topological polar surface area (TPSA) is 104 Å². The summed E-state index contributed by atoms with van der Waals surface area (Å²) in [6.45, 7) is 4.18. The van der Waals surface area contributed by atoms with Crippen molar-refractivity contribution in [2.45, 2.75) is 45.6 Å². The molecule has 0 bridgehead atoms. The van der Waals surface area contributed by atoms with Gasteiger partial charge in [0.1, 0.15) is 11.2 Å². The van der Waals surface area contributed by atoms with Gasteiger partial charge in [-0.05, 0) is 50.3 Å². The molecule has 4 rings (SSSR count). The van der Waals surface area contributed by atoms with E-state index in [1.807, 2.05) is 19.9 Å². The fourth-order valence-corrected chi connectivity index (χ4v) is 4.01. The molecule has 3 aromatic rings. The minimum atomic E-state index is -1.23. The van der Waals surface area contributed by atoms with Gasteiger partial charge in [-0.1, -0.05) is 0 Å². The summed E-state index contributed by atoms with van der Waals surface area (Å²) in [4.78, 5) is 37.5. The number of rotatable bonds is 4. The van der Waals surface area contributed by atoms with Crippen LogP contribution < -0.4 is 10.7 Å². The number of hydrogen-bond donors (Lipinski definition) is 0. The van der Waals surface area contributed by atoms with Gasteiger partial charge < -0.3 is 23.6 Å². The second-order valence-electron chi connectivity index (χ2n) is 7.32. The number of fused-ring (bicyclic) bond motifs is 2. The Hall–Kier alpha value is -3.09. The molecular formula is C21H20NO6-. The molecule has 1 atom stereocenters. The Morgan fingerprint density at radius 2 is 2.00 bits per heavy atom. The van der Waals surface area contributed by atoms with Crippen LogP contribution in [0.1, 0.15) is 36.0 Å². The first-order chi connectivity index (χ1) is 13.4. The summed E-state index contributed by atoms with van der Waals surface area (Å²) in [6, 6.07) is 2.76. The van der Waals surface area contributed by atoms with Crippen molar-refractivity contribution >= 4 is 33.8 Å². The number of amides is 1. The molecule has 1 amide bonds. The molecule has 1 saturated heterocycles. The summed E-state index contributed by atoms with van der Waals surface area (Å²) in [7, 11) is 0. The van der Waals surface area contributed by atoms with Crippen molar-refractivity contribution in [3.05, 3.63) is 45.5 Å². The summed E-state index contributed by atoms with van der Waals surface area (Å²) in [5.41, 5.74) is 2.79. The molecule has 1 aliphatic rings. The van der Waals surface area contributed by atoms with Crippen LogP contribution in [0.3, 0.4) is 0 Å². The molecule has 0 saturated carbocycles. The monoisotopic (exact) mass is 382 g/mol. The minimum absolute atomic E-state index is 0.0495. The van der Waals surface area contributed by atoms with Crippen LogP contribution in [-0.4, -0.2) is 29.4 Å². The summed E-state index contributed by atoms with van der Waals surface area (Å²) >= 11 is 0. The highest BCUT2D eigenvalue weighted by Crippen LogP contribution is 2.29. The summed E-state index contributed by atoms with van der Waals surface area (Å²) in [6.07, 6.45) is 2.95. The van der Waals surface area contributed by atoms with E-state index in [-0.39, 0.29) is 18.7 Å². The Bertz CT molecular complexity index is 1160. The molecule has 146 valence electrons. The molecule has 0 spiro atoms. The van der Waals surface area contributed by atoms with Gasteiger partial charge in [-0.25, -0.2) is 4.79 Å². The number of furan rings is 1.